The smallest absolute Gasteiger partial charge is 0.274 e. The standard InChI is InChI=1S/C18H22N4O3/c1-12-4-6-13(7-5-12)17-16(20-11-25-17)18(24)21-14-3-2-8-22(9-14)10-15(19)23/h4-7,11,14H,2-3,8-10H2,1H3,(H2,19,23)(H,21,24). The van der Waals surface area contributed by atoms with Crippen molar-refractivity contribution in [2.45, 2.75) is 25.8 Å². The van der Waals surface area contributed by atoms with Gasteiger partial charge in [-0.15, -0.1) is 0 Å². The number of piperidine rings is 1. The van der Waals surface area contributed by atoms with Gasteiger partial charge in [0.15, 0.2) is 17.8 Å². The second-order valence-electron chi connectivity index (χ2n) is 6.41. The Bertz CT molecular complexity index is 754. The second-order valence-corrected chi connectivity index (χ2v) is 6.41. The fraction of sp³-hybridized carbons (Fsp3) is 0.389. The molecule has 2 aromatic rings. The molecule has 1 atom stereocenters. The molecule has 0 spiro atoms. The van der Waals surface area contributed by atoms with Crippen LogP contribution in [0.15, 0.2) is 35.1 Å². The van der Waals surface area contributed by atoms with E-state index in [1.807, 2.05) is 36.1 Å². The van der Waals surface area contributed by atoms with Crippen molar-refractivity contribution in [2.24, 2.45) is 5.73 Å². The molecule has 0 radical (unpaired) electrons. The van der Waals surface area contributed by atoms with Crippen LogP contribution in [0.25, 0.3) is 11.3 Å². The van der Waals surface area contributed by atoms with Crippen LogP contribution in [-0.2, 0) is 4.79 Å². The minimum Gasteiger partial charge on any atom is -0.443 e. The number of nitrogens with one attached hydrogen (secondary N) is 1. The fourth-order valence-corrected chi connectivity index (χ4v) is 3.11. The molecule has 132 valence electrons. The van der Waals surface area contributed by atoms with E-state index in [2.05, 4.69) is 10.3 Å². The van der Waals surface area contributed by atoms with Crippen LogP contribution in [0.2, 0.25) is 0 Å². The van der Waals surface area contributed by atoms with E-state index in [1.165, 1.54) is 6.39 Å². The molecule has 1 fully saturated rings. The lowest BCUT2D eigenvalue weighted by atomic mass is 10.0. The van der Waals surface area contributed by atoms with E-state index in [-0.39, 0.29) is 30.1 Å². The second kappa shape index (κ2) is 7.48. The quantitative estimate of drug-likeness (QED) is 0.853. The minimum atomic E-state index is -0.356. The zero-order valence-corrected chi connectivity index (χ0v) is 14.2. The first-order chi connectivity index (χ1) is 12.0. The van der Waals surface area contributed by atoms with E-state index < -0.39 is 0 Å². The monoisotopic (exact) mass is 342 g/mol. The van der Waals surface area contributed by atoms with Gasteiger partial charge < -0.3 is 15.5 Å². The Balaban J connectivity index is 1.69. The van der Waals surface area contributed by atoms with Gasteiger partial charge in [0.25, 0.3) is 5.91 Å². The lowest BCUT2D eigenvalue weighted by Gasteiger charge is -2.32. The molecular formula is C18H22N4O3. The number of carbonyl (C=O) groups is 2. The number of primary amides is 1. The molecular weight excluding hydrogens is 320 g/mol. The number of hydrogen-bond donors (Lipinski definition) is 2. The molecule has 25 heavy (non-hydrogen) atoms. The van der Waals surface area contributed by atoms with Crippen molar-refractivity contribution in [3.63, 3.8) is 0 Å². The van der Waals surface area contributed by atoms with Crippen LogP contribution >= 0.6 is 0 Å². The van der Waals surface area contributed by atoms with Crippen molar-refractivity contribution in [1.82, 2.24) is 15.2 Å². The number of aryl methyl sites for hydroxylation is 1. The molecule has 3 N–H and O–H groups in total. The summed E-state index contributed by atoms with van der Waals surface area (Å²) < 4.78 is 5.43. The zero-order chi connectivity index (χ0) is 17.8. The highest BCUT2D eigenvalue weighted by Gasteiger charge is 2.25. The third-order valence-corrected chi connectivity index (χ3v) is 4.32. The molecule has 7 heteroatoms. The van der Waals surface area contributed by atoms with Gasteiger partial charge in [0.2, 0.25) is 5.91 Å². The van der Waals surface area contributed by atoms with Crippen molar-refractivity contribution in [3.8, 4) is 11.3 Å². The van der Waals surface area contributed by atoms with Crippen LogP contribution < -0.4 is 11.1 Å². The fourth-order valence-electron chi connectivity index (χ4n) is 3.11. The van der Waals surface area contributed by atoms with Gasteiger partial charge in [0.05, 0.1) is 6.54 Å². The number of benzene rings is 1. The van der Waals surface area contributed by atoms with E-state index in [4.69, 9.17) is 10.2 Å². The maximum absolute atomic E-state index is 12.6. The van der Waals surface area contributed by atoms with Crippen molar-refractivity contribution in [1.29, 1.82) is 0 Å². The Kier molecular flexibility index (Phi) is 5.14. The van der Waals surface area contributed by atoms with E-state index in [0.717, 1.165) is 30.5 Å². The molecule has 1 aliphatic rings. The molecule has 1 aromatic heterocycles. The van der Waals surface area contributed by atoms with E-state index >= 15 is 0 Å². The lowest BCUT2D eigenvalue weighted by Crippen LogP contribution is -2.49. The van der Waals surface area contributed by atoms with Crippen LogP contribution in [-0.4, -0.2) is 47.4 Å². The topological polar surface area (TPSA) is 101 Å². The number of rotatable bonds is 5. The highest BCUT2D eigenvalue weighted by atomic mass is 16.3. The van der Waals surface area contributed by atoms with Crippen LogP contribution in [0, 0.1) is 6.92 Å². The highest BCUT2D eigenvalue weighted by Crippen LogP contribution is 2.23. The van der Waals surface area contributed by atoms with E-state index in [1.54, 1.807) is 0 Å². The third-order valence-electron chi connectivity index (χ3n) is 4.32. The van der Waals surface area contributed by atoms with E-state index in [9.17, 15) is 9.59 Å². The number of hydrogen-bond acceptors (Lipinski definition) is 5. The molecule has 2 amide bonds. The molecule has 0 aliphatic carbocycles. The number of nitrogens with two attached hydrogens (primary N) is 1. The maximum atomic E-state index is 12.6. The molecule has 0 bridgehead atoms. The molecule has 2 heterocycles. The molecule has 3 rings (SSSR count). The van der Waals surface area contributed by atoms with Gasteiger partial charge in [-0.3, -0.25) is 14.5 Å². The summed E-state index contributed by atoms with van der Waals surface area (Å²) in [5.74, 6) is -0.164. The number of carbonyl (C=O) groups excluding carboxylic acids is 2. The Morgan fingerprint density at radius 1 is 1.36 bits per heavy atom. The van der Waals surface area contributed by atoms with Crippen molar-refractivity contribution in [2.75, 3.05) is 19.6 Å². The third kappa shape index (κ3) is 4.24. The first-order valence-corrected chi connectivity index (χ1v) is 8.35. The predicted octanol–water partition coefficient (Wildman–Crippen LogP) is 1.33. The minimum absolute atomic E-state index is 0.0387. The Morgan fingerprint density at radius 2 is 2.12 bits per heavy atom. The van der Waals surface area contributed by atoms with Crippen molar-refractivity contribution < 1.29 is 14.0 Å². The molecule has 0 saturated carbocycles. The number of likely N-dealkylation sites (tertiary alicyclic amines) is 1. The lowest BCUT2D eigenvalue weighted by molar-refractivity contribution is -0.119. The first-order valence-electron chi connectivity index (χ1n) is 8.35. The number of aromatic nitrogens is 1. The summed E-state index contributed by atoms with van der Waals surface area (Å²) in [6.45, 7) is 3.63. The summed E-state index contributed by atoms with van der Waals surface area (Å²) in [6, 6.07) is 7.69. The van der Waals surface area contributed by atoms with Gasteiger partial charge in [-0.2, -0.15) is 0 Å². The van der Waals surface area contributed by atoms with Gasteiger partial charge in [0.1, 0.15) is 0 Å². The summed E-state index contributed by atoms with van der Waals surface area (Å²) in [7, 11) is 0. The van der Waals surface area contributed by atoms with Crippen molar-refractivity contribution >= 4 is 11.8 Å². The summed E-state index contributed by atoms with van der Waals surface area (Å²) in [4.78, 5) is 29.7. The average Bonchev–Trinajstić information content (AvgIpc) is 3.05. The Hall–Kier alpha value is -2.67. The van der Waals surface area contributed by atoms with Gasteiger partial charge in [-0.25, -0.2) is 4.98 Å². The summed E-state index contributed by atoms with van der Waals surface area (Å²) in [5.41, 5.74) is 7.47. The van der Waals surface area contributed by atoms with Crippen LogP contribution in [0.4, 0.5) is 0 Å². The van der Waals surface area contributed by atoms with Gasteiger partial charge in [-0.1, -0.05) is 29.8 Å². The number of amides is 2. The summed E-state index contributed by atoms with van der Waals surface area (Å²) >= 11 is 0. The number of oxazole rings is 1. The first kappa shape index (κ1) is 17.2. The summed E-state index contributed by atoms with van der Waals surface area (Å²) in [6.07, 6.45) is 3.05. The molecule has 1 unspecified atom stereocenters. The molecule has 1 saturated heterocycles. The van der Waals surface area contributed by atoms with Gasteiger partial charge in [-0.05, 0) is 26.3 Å². The van der Waals surface area contributed by atoms with Gasteiger partial charge in [0, 0.05) is 18.2 Å². The Labute approximate surface area is 146 Å². The Morgan fingerprint density at radius 3 is 2.84 bits per heavy atom. The highest BCUT2D eigenvalue weighted by molar-refractivity contribution is 5.97. The van der Waals surface area contributed by atoms with Crippen LogP contribution in [0.5, 0.6) is 0 Å². The molecule has 1 aromatic carbocycles. The predicted molar refractivity (Wildman–Crippen MR) is 92.8 cm³/mol. The molecule has 7 nitrogen and oxygen atoms in total. The zero-order valence-electron chi connectivity index (χ0n) is 14.2. The normalized spacial score (nSPS) is 18.0. The SMILES string of the molecule is Cc1ccc(-c2ocnc2C(=O)NC2CCCN(CC(N)=O)C2)cc1. The van der Waals surface area contributed by atoms with E-state index in [0.29, 0.717) is 12.3 Å². The van der Waals surface area contributed by atoms with Crippen molar-refractivity contribution in [3.05, 3.63) is 41.9 Å². The van der Waals surface area contributed by atoms with Crippen LogP contribution in [0.1, 0.15) is 28.9 Å². The number of nitrogens with zero attached hydrogens (tertiary/aromatic N) is 2. The average molecular weight is 342 g/mol. The maximum Gasteiger partial charge on any atom is 0.274 e. The molecule has 1 aliphatic heterocycles. The van der Waals surface area contributed by atoms with Crippen LogP contribution in [0.3, 0.4) is 0 Å². The largest absolute Gasteiger partial charge is 0.443 e. The van der Waals surface area contributed by atoms with Gasteiger partial charge >= 0.3 is 0 Å². The summed E-state index contributed by atoms with van der Waals surface area (Å²) in [5, 5.41) is 2.99.